The van der Waals surface area contributed by atoms with Gasteiger partial charge in [0.15, 0.2) is 0 Å². The van der Waals surface area contributed by atoms with Crippen LogP contribution in [0, 0.1) is 5.82 Å². The minimum atomic E-state index is -0.274. The summed E-state index contributed by atoms with van der Waals surface area (Å²) >= 11 is 1.73. The molecule has 0 aliphatic carbocycles. The lowest BCUT2D eigenvalue weighted by Crippen LogP contribution is -2.45. The number of hydrogen-bond acceptors (Lipinski definition) is 4. The van der Waals surface area contributed by atoms with Crippen LogP contribution in [-0.4, -0.2) is 67.5 Å². The molecule has 0 bridgehead atoms. The maximum atomic E-state index is 14.1. The van der Waals surface area contributed by atoms with Crippen LogP contribution in [0.3, 0.4) is 0 Å². The molecule has 0 saturated carbocycles. The number of benzene rings is 1. The van der Waals surface area contributed by atoms with Crippen molar-refractivity contribution in [3.63, 3.8) is 0 Å². The molecule has 1 unspecified atom stereocenters. The molecule has 7 heteroatoms. The third-order valence-electron chi connectivity index (χ3n) is 5.32. The van der Waals surface area contributed by atoms with E-state index in [0.29, 0.717) is 18.7 Å². The standard InChI is InChI=1S/C22H31FN4OS/c1-25(2)13-14-27(17-18-8-3-4-9-19(18)23)22(28)24-16-20(21-10-7-15-29-21)26-11-5-6-12-26/h3-4,7-10,15,20H,5-6,11-14,16-17H2,1-2H3,(H,24,28). The van der Waals surface area contributed by atoms with Crippen LogP contribution in [0.2, 0.25) is 0 Å². The summed E-state index contributed by atoms with van der Waals surface area (Å²) in [5, 5.41) is 5.21. The lowest BCUT2D eigenvalue weighted by molar-refractivity contribution is 0.180. The second-order valence-corrected chi connectivity index (χ2v) is 8.76. The highest BCUT2D eigenvalue weighted by atomic mass is 32.1. The van der Waals surface area contributed by atoms with Crippen molar-refractivity contribution in [2.75, 3.05) is 46.8 Å². The van der Waals surface area contributed by atoms with Gasteiger partial charge in [-0.15, -0.1) is 11.3 Å². The van der Waals surface area contributed by atoms with E-state index in [1.54, 1.807) is 34.4 Å². The molecule has 2 aromatic rings. The van der Waals surface area contributed by atoms with E-state index < -0.39 is 0 Å². The fourth-order valence-corrected chi connectivity index (χ4v) is 4.51. The van der Waals surface area contributed by atoms with Gasteiger partial charge in [0.2, 0.25) is 0 Å². The van der Waals surface area contributed by atoms with E-state index >= 15 is 0 Å². The number of nitrogens with zero attached hydrogens (tertiary/aromatic N) is 3. The second kappa shape index (κ2) is 10.7. The zero-order chi connectivity index (χ0) is 20.6. The Labute approximate surface area is 177 Å². The first-order chi connectivity index (χ1) is 14.0. The fraction of sp³-hybridized carbons (Fsp3) is 0.500. The predicted molar refractivity (Wildman–Crippen MR) is 117 cm³/mol. The molecule has 1 aromatic carbocycles. The van der Waals surface area contributed by atoms with Crippen molar-refractivity contribution >= 4 is 17.4 Å². The SMILES string of the molecule is CN(C)CCN(Cc1ccccc1F)C(=O)NCC(c1cccs1)N1CCCC1. The lowest BCUT2D eigenvalue weighted by Gasteiger charge is -2.29. The molecule has 1 aromatic heterocycles. The molecule has 1 aliphatic rings. The van der Waals surface area contributed by atoms with Crippen LogP contribution in [0.5, 0.6) is 0 Å². The molecule has 2 heterocycles. The van der Waals surface area contributed by atoms with Gasteiger partial charge in [0, 0.05) is 30.1 Å². The number of rotatable bonds is 9. The topological polar surface area (TPSA) is 38.8 Å². The average Bonchev–Trinajstić information content (AvgIpc) is 3.41. The van der Waals surface area contributed by atoms with Crippen LogP contribution in [-0.2, 0) is 6.54 Å². The third kappa shape index (κ3) is 6.26. The summed E-state index contributed by atoms with van der Waals surface area (Å²) in [6.07, 6.45) is 2.41. The number of carbonyl (C=O) groups excluding carboxylic acids is 1. The summed E-state index contributed by atoms with van der Waals surface area (Å²) in [6, 6.07) is 10.9. The maximum absolute atomic E-state index is 14.1. The normalized spacial score (nSPS) is 15.6. The van der Waals surface area contributed by atoms with Crippen LogP contribution >= 0.6 is 11.3 Å². The summed E-state index contributed by atoms with van der Waals surface area (Å²) in [5.74, 6) is -0.274. The first kappa shape index (κ1) is 21.7. The quantitative estimate of drug-likeness (QED) is 0.673. The van der Waals surface area contributed by atoms with Gasteiger partial charge in [0.25, 0.3) is 0 Å². The van der Waals surface area contributed by atoms with Crippen molar-refractivity contribution in [1.82, 2.24) is 20.0 Å². The first-order valence-electron chi connectivity index (χ1n) is 10.2. The van der Waals surface area contributed by atoms with Gasteiger partial charge in [-0.2, -0.15) is 0 Å². The van der Waals surface area contributed by atoms with Gasteiger partial charge in [-0.05, 0) is 57.5 Å². The number of hydrogen-bond donors (Lipinski definition) is 1. The Morgan fingerprint density at radius 3 is 2.59 bits per heavy atom. The summed E-state index contributed by atoms with van der Waals surface area (Å²) in [5.41, 5.74) is 0.538. The molecule has 5 nitrogen and oxygen atoms in total. The minimum Gasteiger partial charge on any atom is -0.336 e. The molecule has 2 amide bonds. The molecule has 3 rings (SSSR count). The van der Waals surface area contributed by atoms with Crippen molar-refractivity contribution in [1.29, 1.82) is 0 Å². The molecule has 1 atom stereocenters. The van der Waals surface area contributed by atoms with Crippen molar-refractivity contribution in [3.05, 3.63) is 58.0 Å². The molecule has 29 heavy (non-hydrogen) atoms. The van der Waals surface area contributed by atoms with Crippen LogP contribution in [0.1, 0.15) is 29.3 Å². The number of amides is 2. The van der Waals surface area contributed by atoms with Crippen molar-refractivity contribution in [2.24, 2.45) is 0 Å². The van der Waals surface area contributed by atoms with E-state index in [1.807, 2.05) is 19.0 Å². The maximum Gasteiger partial charge on any atom is 0.317 e. The first-order valence-corrected chi connectivity index (χ1v) is 11.1. The zero-order valence-electron chi connectivity index (χ0n) is 17.3. The van der Waals surface area contributed by atoms with E-state index in [2.05, 4.69) is 27.7 Å². The van der Waals surface area contributed by atoms with Gasteiger partial charge in [-0.3, -0.25) is 4.90 Å². The summed E-state index contributed by atoms with van der Waals surface area (Å²) in [4.78, 5) is 20.5. The van der Waals surface area contributed by atoms with Crippen molar-refractivity contribution in [2.45, 2.75) is 25.4 Å². The van der Waals surface area contributed by atoms with Gasteiger partial charge in [0.05, 0.1) is 12.6 Å². The van der Waals surface area contributed by atoms with Crippen LogP contribution < -0.4 is 5.32 Å². The number of likely N-dealkylation sites (tertiary alicyclic amines) is 1. The number of thiophene rings is 1. The molecule has 1 fully saturated rings. The molecular formula is C22H31FN4OS. The minimum absolute atomic E-state index is 0.143. The zero-order valence-corrected chi connectivity index (χ0v) is 18.1. The monoisotopic (exact) mass is 418 g/mol. The molecule has 1 aliphatic heterocycles. The number of halogens is 1. The number of nitrogens with one attached hydrogen (secondary N) is 1. The lowest BCUT2D eigenvalue weighted by atomic mass is 10.2. The molecule has 0 spiro atoms. The highest BCUT2D eigenvalue weighted by molar-refractivity contribution is 7.10. The Bertz CT molecular complexity index is 762. The second-order valence-electron chi connectivity index (χ2n) is 7.78. The van der Waals surface area contributed by atoms with Gasteiger partial charge < -0.3 is 15.1 Å². The Balaban J connectivity index is 1.66. The Morgan fingerprint density at radius 1 is 1.17 bits per heavy atom. The predicted octanol–water partition coefficient (Wildman–Crippen LogP) is 3.80. The van der Waals surface area contributed by atoms with Gasteiger partial charge >= 0.3 is 6.03 Å². The summed E-state index contributed by atoms with van der Waals surface area (Å²) in [7, 11) is 3.94. The van der Waals surface area contributed by atoms with E-state index in [1.165, 1.54) is 23.8 Å². The Hall–Kier alpha value is -1.96. The van der Waals surface area contributed by atoms with Gasteiger partial charge in [-0.25, -0.2) is 9.18 Å². The summed E-state index contributed by atoms with van der Waals surface area (Å²) in [6.45, 7) is 4.23. The Morgan fingerprint density at radius 2 is 1.93 bits per heavy atom. The number of carbonyl (C=O) groups is 1. The van der Waals surface area contributed by atoms with Crippen molar-refractivity contribution < 1.29 is 9.18 Å². The number of urea groups is 1. The van der Waals surface area contributed by atoms with E-state index in [0.717, 1.165) is 19.6 Å². The molecular weight excluding hydrogens is 387 g/mol. The molecule has 158 valence electrons. The van der Waals surface area contributed by atoms with Crippen LogP contribution in [0.4, 0.5) is 9.18 Å². The summed E-state index contributed by atoms with van der Waals surface area (Å²) < 4.78 is 14.1. The fourth-order valence-electron chi connectivity index (χ4n) is 3.64. The number of likely N-dealkylation sites (N-methyl/N-ethyl adjacent to an activating group) is 1. The molecule has 0 radical (unpaired) electrons. The van der Waals surface area contributed by atoms with Gasteiger partial charge in [0.1, 0.15) is 5.82 Å². The van der Waals surface area contributed by atoms with E-state index in [-0.39, 0.29) is 24.4 Å². The Kier molecular flexibility index (Phi) is 8.03. The van der Waals surface area contributed by atoms with Crippen molar-refractivity contribution in [3.8, 4) is 0 Å². The highest BCUT2D eigenvalue weighted by Gasteiger charge is 2.25. The van der Waals surface area contributed by atoms with E-state index in [9.17, 15) is 9.18 Å². The molecule has 1 N–H and O–H groups in total. The smallest absolute Gasteiger partial charge is 0.317 e. The highest BCUT2D eigenvalue weighted by Crippen LogP contribution is 2.27. The average molecular weight is 419 g/mol. The van der Waals surface area contributed by atoms with Gasteiger partial charge in [-0.1, -0.05) is 24.3 Å². The van der Waals surface area contributed by atoms with Crippen LogP contribution in [0.25, 0.3) is 0 Å². The third-order valence-corrected chi connectivity index (χ3v) is 6.30. The largest absolute Gasteiger partial charge is 0.336 e. The van der Waals surface area contributed by atoms with E-state index in [4.69, 9.17) is 0 Å². The van der Waals surface area contributed by atoms with Crippen LogP contribution in [0.15, 0.2) is 41.8 Å². The molecule has 1 saturated heterocycles.